The molecular weight excluding hydrogens is 166 g/mol. The molecule has 13 heavy (non-hydrogen) atoms. The fourth-order valence-electron chi connectivity index (χ4n) is 2.54. The number of aliphatic carboxylic acids is 1. The van der Waals surface area contributed by atoms with Gasteiger partial charge in [-0.05, 0) is 24.3 Å². The Balaban J connectivity index is 2.14. The van der Waals surface area contributed by atoms with Crippen molar-refractivity contribution in [3.8, 4) is 0 Å². The molecule has 1 saturated heterocycles. The Kier molecular flexibility index (Phi) is 2.12. The second kappa shape index (κ2) is 3.14. The van der Waals surface area contributed by atoms with Crippen LogP contribution in [0.25, 0.3) is 0 Å². The van der Waals surface area contributed by atoms with Crippen LogP contribution in [0.3, 0.4) is 0 Å². The lowest BCUT2D eigenvalue weighted by Gasteiger charge is -2.24. The summed E-state index contributed by atoms with van der Waals surface area (Å²) in [5, 5.41) is 12.1. The van der Waals surface area contributed by atoms with E-state index in [-0.39, 0.29) is 0 Å². The van der Waals surface area contributed by atoms with Gasteiger partial charge in [-0.25, -0.2) is 0 Å². The van der Waals surface area contributed by atoms with Crippen LogP contribution in [0.15, 0.2) is 12.2 Å². The molecule has 3 nitrogen and oxygen atoms in total. The second-order valence-electron chi connectivity index (χ2n) is 4.01. The van der Waals surface area contributed by atoms with Crippen LogP contribution in [0.5, 0.6) is 0 Å². The molecule has 2 unspecified atom stereocenters. The van der Waals surface area contributed by atoms with E-state index in [1.54, 1.807) is 0 Å². The minimum absolute atomic E-state index is 0.377. The molecule has 0 aromatic carbocycles. The van der Waals surface area contributed by atoms with Gasteiger partial charge in [-0.1, -0.05) is 19.4 Å². The van der Waals surface area contributed by atoms with E-state index >= 15 is 0 Å². The first-order valence-corrected chi connectivity index (χ1v) is 4.87. The van der Waals surface area contributed by atoms with Crippen molar-refractivity contribution in [1.29, 1.82) is 0 Å². The molecule has 0 bridgehead atoms. The number of hydrogen-bond donors (Lipinski definition) is 2. The van der Waals surface area contributed by atoms with Crippen LogP contribution in [0.4, 0.5) is 0 Å². The van der Waals surface area contributed by atoms with Crippen molar-refractivity contribution in [1.82, 2.24) is 5.32 Å². The fourth-order valence-corrected chi connectivity index (χ4v) is 2.54. The SMILES string of the molecule is C=C1C2CCCCC2N[C@@H]1C(=O)O. The molecule has 0 aromatic heterocycles. The van der Waals surface area contributed by atoms with Crippen LogP contribution in [0, 0.1) is 5.92 Å². The average Bonchev–Trinajstić information content (AvgIpc) is 2.45. The van der Waals surface area contributed by atoms with Gasteiger partial charge in [-0.15, -0.1) is 0 Å². The Morgan fingerprint density at radius 2 is 2.15 bits per heavy atom. The summed E-state index contributed by atoms with van der Waals surface area (Å²) in [5.41, 5.74) is 0.886. The zero-order chi connectivity index (χ0) is 9.42. The third kappa shape index (κ3) is 1.37. The van der Waals surface area contributed by atoms with Gasteiger partial charge in [0.2, 0.25) is 0 Å². The molecule has 2 N–H and O–H groups in total. The molecule has 1 saturated carbocycles. The number of carboxylic acids is 1. The summed E-state index contributed by atoms with van der Waals surface area (Å²) in [6.45, 7) is 3.90. The molecule has 0 aromatic rings. The summed E-state index contributed by atoms with van der Waals surface area (Å²) < 4.78 is 0. The monoisotopic (exact) mass is 181 g/mol. The number of rotatable bonds is 1. The average molecular weight is 181 g/mol. The predicted octanol–water partition coefficient (Wildman–Crippen LogP) is 1.16. The highest BCUT2D eigenvalue weighted by Gasteiger charge is 2.41. The maximum atomic E-state index is 10.8. The van der Waals surface area contributed by atoms with Gasteiger partial charge in [0.15, 0.2) is 0 Å². The molecule has 2 rings (SSSR count). The number of hydrogen-bond acceptors (Lipinski definition) is 2. The molecule has 3 atom stereocenters. The summed E-state index contributed by atoms with van der Waals surface area (Å²) in [6.07, 6.45) is 4.65. The zero-order valence-electron chi connectivity index (χ0n) is 7.62. The van der Waals surface area contributed by atoms with E-state index in [0.29, 0.717) is 12.0 Å². The van der Waals surface area contributed by atoms with Gasteiger partial charge in [0.05, 0.1) is 0 Å². The lowest BCUT2D eigenvalue weighted by Crippen LogP contribution is -2.37. The maximum Gasteiger partial charge on any atom is 0.325 e. The van der Waals surface area contributed by atoms with Gasteiger partial charge in [-0.2, -0.15) is 0 Å². The standard InChI is InChI=1S/C10H15NO2/c1-6-7-4-2-3-5-8(7)11-9(6)10(12)13/h7-9,11H,1-5H2,(H,12,13)/t7?,8?,9-/m0/s1. The van der Waals surface area contributed by atoms with Crippen LogP contribution in [-0.4, -0.2) is 23.2 Å². The number of carboxylic acid groups (broad SMARTS) is 1. The van der Waals surface area contributed by atoms with Crippen molar-refractivity contribution in [2.45, 2.75) is 37.8 Å². The van der Waals surface area contributed by atoms with Gasteiger partial charge in [0.1, 0.15) is 6.04 Å². The van der Waals surface area contributed by atoms with Gasteiger partial charge in [-0.3, -0.25) is 10.1 Å². The van der Waals surface area contributed by atoms with E-state index in [1.807, 2.05) is 0 Å². The predicted molar refractivity (Wildman–Crippen MR) is 49.4 cm³/mol. The molecule has 2 aliphatic rings. The van der Waals surface area contributed by atoms with Crippen molar-refractivity contribution in [3.05, 3.63) is 12.2 Å². The summed E-state index contributed by atoms with van der Waals surface area (Å²) in [6, 6.07) is -0.115. The summed E-state index contributed by atoms with van der Waals surface area (Å²) in [4.78, 5) is 10.8. The number of carbonyl (C=O) groups is 1. The van der Waals surface area contributed by atoms with Gasteiger partial charge >= 0.3 is 5.97 Å². The Bertz CT molecular complexity index is 249. The lowest BCUT2D eigenvalue weighted by atomic mass is 9.82. The third-order valence-electron chi connectivity index (χ3n) is 3.24. The molecule has 0 radical (unpaired) electrons. The molecule has 1 heterocycles. The van der Waals surface area contributed by atoms with Gasteiger partial charge < -0.3 is 5.11 Å². The quantitative estimate of drug-likeness (QED) is 0.597. The molecule has 3 heteroatoms. The van der Waals surface area contributed by atoms with E-state index in [9.17, 15) is 4.79 Å². The van der Waals surface area contributed by atoms with Crippen LogP contribution >= 0.6 is 0 Å². The molecule has 1 aliphatic heterocycles. The maximum absolute atomic E-state index is 10.8. The Morgan fingerprint density at radius 3 is 2.77 bits per heavy atom. The van der Waals surface area contributed by atoms with Crippen LogP contribution < -0.4 is 5.32 Å². The highest BCUT2D eigenvalue weighted by Crippen LogP contribution is 2.36. The van der Waals surface area contributed by atoms with E-state index in [1.165, 1.54) is 12.8 Å². The molecule has 2 fully saturated rings. The molecule has 72 valence electrons. The first kappa shape index (κ1) is 8.75. The minimum atomic E-state index is -0.778. The van der Waals surface area contributed by atoms with Crippen LogP contribution in [-0.2, 0) is 4.79 Å². The summed E-state index contributed by atoms with van der Waals surface area (Å²) in [5.74, 6) is -0.366. The smallest absolute Gasteiger partial charge is 0.325 e. The topological polar surface area (TPSA) is 49.3 Å². The van der Waals surface area contributed by atoms with Gasteiger partial charge in [0.25, 0.3) is 0 Å². The van der Waals surface area contributed by atoms with Crippen molar-refractivity contribution in [3.63, 3.8) is 0 Å². The van der Waals surface area contributed by atoms with E-state index in [2.05, 4.69) is 11.9 Å². The summed E-state index contributed by atoms with van der Waals surface area (Å²) in [7, 11) is 0. The molecule has 0 spiro atoms. The fraction of sp³-hybridized carbons (Fsp3) is 0.700. The second-order valence-corrected chi connectivity index (χ2v) is 4.01. The Morgan fingerprint density at radius 1 is 1.46 bits per heavy atom. The van der Waals surface area contributed by atoms with Crippen LogP contribution in [0.2, 0.25) is 0 Å². The van der Waals surface area contributed by atoms with Crippen LogP contribution in [0.1, 0.15) is 25.7 Å². The largest absolute Gasteiger partial charge is 0.480 e. The highest BCUT2D eigenvalue weighted by atomic mass is 16.4. The van der Waals surface area contributed by atoms with Crippen molar-refractivity contribution in [2.75, 3.05) is 0 Å². The first-order chi connectivity index (χ1) is 6.20. The molecule has 0 amide bonds. The third-order valence-corrected chi connectivity index (χ3v) is 3.24. The summed E-state index contributed by atoms with van der Waals surface area (Å²) >= 11 is 0. The van der Waals surface area contributed by atoms with E-state index < -0.39 is 12.0 Å². The first-order valence-electron chi connectivity index (χ1n) is 4.87. The van der Waals surface area contributed by atoms with Crippen molar-refractivity contribution in [2.24, 2.45) is 5.92 Å². The Labute approximate surface area is 77.8 Å². The Hall–Kier alpha value is -0.830. The number of nitrogens with one attached hydrogen (secondary N) is 1. The van der Waals surface area contributed by atoms with E-state index in [4.69, 9.17) is 5.11 Å². The van der Waals surface area contributed by atoms with Crippen molar-refractivity contribution >= 4 is 5.97 Å². The molecule has 1 aliphatic carbocycles. The normalized spacial score (nSPS) is 38.8. The molecular formula is C10H15NO2. The zero-order valence-corrected chi connectivity index (χ0v) is 7.62. The van der Waals surface area contributed by atoms with Crippen molar-refractivity contribution < 1.29 is 9.90 Å². The van der Waals surface area contributed by atoms with Gasteiger partial charge in [0, 0.05) is 6.04 Å². The minimum Gasteiger partial charge on any atom is -0.480 e. The lowest BCUT2D eigenvalue weighted by molar-refractivity contribution is -0.138. The number of fused-ring (bicyclic) bond motifs is 1. The highest BCUT2D eigenvalue weighted by molar-refractivity contribution is 5.78. The van der Waals surface area contributed by atoms with E-state index in [0.717, 1.165) is 18.4 Å².